The highest BCUT2D eigenvalue weighted by Gasteiger charge is 2.26. The first-order valence-electron chi connectivity index (χ1n) is 10.9. The third-order valence-corrected chi connectivity index (χ3v) is 6.81. The zero-order chi connectivity index (χ0) is 28.3. The number of hydrogen-bond donors (Lipinski definition) is 3. The van der Waals surface area contributed by atoms with Crippen LogP contribution in [0.25, 0.3) is 16.6 Å². The van der Waals surface area contributed by atoms with Crippen molar-refractivity contribution in [2.45, 2.75) is 4.90 Å². The molecule has 4 N–H and O–H groups in total. The summed E-state index contributed by atoms with van der Waals surface area (Å²) >= 11 is 0. The Hall–Kier alpha value is -5.22. The average molecular weight is 551 g/mol. The second-order valence-electron chi connectivity index (χ2n) is 7.94. The zero-order valence-corrected chi connectivity index (χ0v) is 20.6. The number of fused-ring (bicyclic) bond motifs is 1. The van der Waals surface area contributed by atoms with E-state index in [-0.39, 0.29) is 22.3 Å². The predicted molar refractivity (Wildman–Crippen MR) is 139 cm³/mol. The Labute approximate surface area is 219 Å². The number of halogens is 3. The van der Waals surface area contributed by atoms with Crippen molar-refractivity contribution in [1.82, 2.24) is 9.97 Å². The second-order valence-corrected chi connectivity index (χ2v) is 9.62. The van der Waals surface area contributed by atoms with Gasteiger partial charge in [-0.1, -0.05) is 12.6 Å². The minimum atomic E-state index is -4.47. The second kappa shape index (κ2) is 10.6. The first-order chi connectivity index (χ1) is 18.6. The summed E-state index contributed by atoms with van der Waals surface area (Å²) in [6.07, 6.45) is 5.04. The average Bonchev–Trinajstić information content (AvgIpc) is 3.34. The van der Waals surface area contributed by atoms with Crippen LogP contribution in [0.1, 0.15) is 21.5 Å². The molecule has 0 atom stereocenters. The number of nitrogens with zero attached hydrogens (tertiary/aromatic N) is 3. The number of aliphatic imine (C=N–C) groups is 1. The van der Waals surface area contributed by atoms with Crippen molar-refractivity contribution in [3.63, 3.8) is 0 Å². The number of carbonyl (C=O) groups is 1. The molecule has 0 aliphatic carbocycles. The minimum absolute atomic E-state index is 0.0836. The highest BCUT2D eigenvalue weighted by Crippen LogP contribution is 2.29. The van der Waals surface area contributed by atoms with Gasteiger partial charge in [0.15, 0.2) is 5.82 Å². The molecule has 4 aromatic rings. The largest absolute Gasteiger partial charge is 0.404 e. The van der Waals surface area contributed by atoms with Gasteiger partial charge < -0.3 is 10.7 Å². The molecule has 0 amide bonds. The van der Waals surface area contributed by atoms with Gasteiger partial charge in [-0.05, 0) is 36.4 Å². The van der Waals surface area contributed by atoms with E-state index in [9.17, 15) is 22.0 Å². The Kier molecular flexibility index (Phi) is 7.32. The third kappa shape index (κ3) is 5.41. The summed E-state index contributed by atoms with van der Waals surface area (Å²) in [5.41, 5.74) is 4.54. The Bertz CT molecular complexity index is 1860. The number of nitriles is 1. The number of nitrogens with one attached hydrogen (secondary N) is 2. The number of sulfonamides is 1. The van der Waals surface area contributed by atoms with Crippen LogP contribution in [-0.4, -0.2) is 30.4 Å². The number of rotatable bonds is 8. The fraction of sp³-hybridized carbons (Fsp3) is 0. The van der Waals surface area contributed by atoms with Crippen LogP contribution in [0.5, 0.6) is 0 Å². The number of allylic oxidation sites excluding steroid dienone is 2. The summed E-state index contributed by atoms with van der Waals surface area (Å²) in [4.78, 5) is 23.6. The molecule has 0 aliphatic rings. The first-order valence-corrected chi connectivity index (χ1v) is 12.4. The molecule has 0 saturated carbocycles. The van der Waals surface area contributed by atoms with Crippen LogP contribution < -0.4 is 10.5 Å². The van der Waals surface area contributed by atoms with Crippen molar-refractivity contribution < 1.29 is 26.4 Å². The number of anilines is 1. The normalized spacial score (nSPS) is 12.0. The van der Waals surface area contributed by atoms with Crippen LogP contribution >= 0.6 is 0 Å². The van der Waals surface area contributed by atoms with E-state index >= 15 is 4.39 Å². The minimum Gasteiger partial charge on any atom is -0.404 e. The SMILES string of the molecule is C=C(C#N)/N=C\C(=C/N)c1cnc2[nH]cc(C(=O)c3c(F)ccc(NS(=O)(=O)c4cccc(F)c4)c3F)c2c1. The molecule has 39 heavy (non-hydrogen) atoms. The van der Waals surface area contributed by atoms with E-state index in [1.807, 2.05) is 4.72 Å². The lowest BCUT2D eigenvalue weighted by Crippen LogP contribution is -2.16. The van der Waals surface area contributed by atoms with E-state index in [2.05, 4.69) is 21.5 Å². The Morgan fingerprint density at radius 2 is 1.97 bits per heavy atom. The number of benzene rings is 2. The number of pyridine rings is 1. The number of carbonyl (C=O) groups excluding carboxylic acids is 1. The molecule has 196 valence electrons. The number of H-pyrrole nitrogens is 1. The van der Waals surface area contributed by atoms with E-state index in [0.29, 0.717) is 11.1 Å². The summed E-state index contributed by atoms with van der Waals surface area (Å²) in [5, 5.41) is 9.00. The van der Waals surface area contributed by atoms with Crippen molar-refractivity contribution in [3.05, 3.63) is 107 Å². The van der Waals surface area contributed by atoms with Crippen molar-refractivity contribution >= 4 is 44.3 Å². The quantitative estimate of drug-likeness (QED) is 0.168. The van der Waals surface area contributed by atoms with E-state index in [4.69, 9.17) is 11.0 Å². The first kappa shape index (κ1) is 26.8. The summed E-state index contributed by atoms with van der Waals surface area (Å²) in [7, 11) is -4.47. The molecule has 0 saturated heterocycles. The Morgan fingerprint density at radius 1 is 1.21 bits per heavy atom. The molecule has 13 heteroatoms. The smallest absolute Gasteiger partial charge is 0.262 e. The summed E-state index contributed by atoms with van der Waals surface area (Å²) in [5.74, 6) is -4.65. The molecule has 0 unspecified atom stereocenters. The van der Waals surface area contributed by atoms with Crippen LogP contribution in [0.2, 0.25) is 0 Å². The van der Waals surface area contributed by atoms with Gasteiger partial charge in [0.2, 0.25) is 5.78 Å². The van der Waals surface area contributed by atoms with Crippen molar-refractivity contribution in [2.75, 3.05) is 4.72 Å². The summed E-state index contributed by atoms with van der Waals surface area (Å²) in [6.45, 7) is 3.43. The van der Waals surface area contributed by atoms with E-state index in [1.54, 1.807) is 6.07 Å². The predicted octanol–water partition coefficient (Wildman–Crippen LogP) is 4.42. The molecule has 0 radical (unpaired) electrons. The molecule has 9 nitrogen and oxygen atoms in total. The van der Waals surface area contributed by atoms with Gasteiger partial charge in [-0.3, -0.25) is 9.52 Å². The van der Waals surface area contributed by atoms with Crippen LogP contribution in [0, 0.1) is 28.8 Å². The lowest BCUT2D eigenvalue weighted by molar-refractivity contribution is 0.103. The van der Waals surface area contributed by atoms with Gasteiger partial charge in [0.1, 0.15) is 29.0 Å². The number of aromatic nitrogens is 2. The monoisotopic (exact) mass is 550 g/mol. The van der Waals surface area contributed by atoms with E-state index < -0.39 is 49.4 Å². The van der Waals surface area contributed by atoms with E-state index in [1.165, 1.54) is 30.9 Å². The molecule has 2 aromatic carbocycles. The van der Waals surface area contributed by atoms with Crippen LogP contribution in [-0.2, 0) is 10.0 Å². The van der Waals surface area contributed by atoms with Gasteiger partial charge in [-0.15, -0.1) is 0 Å². The summed E-state index contributed by atoms with van der Waals surface area (Å²) < 4.78 is 70.9. The molecule has 2 heterocycles. The molecule has 0 aliphatic heterocycles. The maximum absolute atomic E-state index is 15.4. The van der Waals surface area contributed by atoms with Gasteiger partial charge >= 0.3 is 0 Å². The van der Waals surface area contributed by atoms with Crippen molar-refractivity contribution in [1.29, 1.82) is 5.26 Å². The molecule has 0 spiro atoms. The lowest BCUT2D eigenvalue weighted by Gasteiger charge is -2.12. The van der Waals surface area contributed by atoms with Crippen molar-refractivity contribution in [2.24, 2.45) is 10.7 Å². The number of aromatic amines is 1. The molecule has 4 rings (SSSR count). The van der Waals surface area contributed by atoms with Crippen LogP contribution in [0.15, 0.2) is 83.2 Å². The molecule has 0 bridgehead atoms. The molecule has 0 fully saturated rings. The zero-order valence-electron chi connectivity index (χ0n) is 19.7. The number of nitrogens with two attached hydrogens (primary N) is 1. The highest BCUT2D eigenvalue weighted by atomic mass is 32.2. The van der Waals surface area contributed by atoms with Gasteiger partial charge in [0.05, 0.1) is 16.1 Å². The number of ketones is 1. The fourth-order valence-electron chi connectivity index (χ4n) is 3.55. The van der Waals surface area contributed by atoms with Crippen LogP contribution in [0.4, 0.5) is 18.9 Å². The standard InChI is InChI=1S/C26H17F3N6O3S/c1-14(9-30)32-12-16(10-31)15-7-19-20(13-34-26(19)33-11-15)25(36)23-21(28)5-6-22(24(23)29)35-39(37,38)18-4-2-3-17(27)8-18/h2-8,10-13,35H,1,31H2,(H,33,34)/b16-10+,32-12-. The van der Waals surface area contributed by atoms with E-state index in [0.717, 1.165) is 36.4 Å². The fourth-order valence-corrected chi connectivity index (χ4v) is 4.64. The van der Waals surface area contributed by atoms with Crippen molar-refractivity contribution in [3.8, 4) is 6.07 Å². The number of hydrogen-bond acceptors (Lipinski definition) is 7. The maximum atomic E-state index is 15.4. The highest BCUT2D eigenvalue weighted by molar-refractivity contribution is 7.92. The van der Waals surface area contributed by atoms with Gasteiger partial charge in [0.25, 0.3) is 10.0 Å². The molecular weight excluding hydrogens is 533 g/mol. The third-order valence-electron chi connectivity index (χ3n) is 5.45. The molecular formula is C26H17F3N6O3S. The van der Waals surface area contributed by atoms with Gasteiger partial charge in [-0.2, -0.15) is 5.26 Å². The van der Waals surface area contributed by atoms with Gasteiger partial charge in [-0.25, -0.2) is 31.6 Å². The Morgan fingerprint density at radius 3 is 2.67 bits per heavy atom. The Balaban J connectivity index is 1.75. The molecule has 2 aromatic heterocycles. The maximum Gasteiger partial charge on any atom is 0.262 e. The van der Waals surface area contributed by atoms with Crippen LogP contribution in [0.3, 0.4) is 0 Å². The summed E-state index contributed by atoms with van der Waals surface area (Å²) in [6, 6.07) is 8.73. The lowest BCUT2D eigenvalue weighted by atomic mass is 10.00. The topological polar surface area (TPSA) is 154 Å². The van der Waals surface area contributed by atoms with Gasteiger partial charge in [0, 0.05) is 46.9 Å².